The van der Waals surface area contributed by atoms with Crippen LogP contribution in [0.3, 0.4) is 0 Å². The van der Waals surface area contributed by atoms with E-state index in [1.54, 1.807) is 83.1 Å². The molecule has 9 atom stereocenters. The number of hydrogen-bond acceptors (Lipinski definition) is 19. The van der Waals surface area contributed by atoms with Gasteiger partial charge >= 0.3 is 47.8 Å². The summed E-state index contributed by atoms with van der Waals surface area (Å²) in [5.74, 6) is -10.0. The number of rotatable bonds is 29. The average Bonchev–Trinajstić information content (AvgIpc) is 3.45. The van der Waals surface area contributed by atoms with Crippen molar-refractivity contribution in [3.63, 3.8) is 0 Å². The molecular formula is C52H86O19. The van der Waals surface area contributed by atoms with Gasteiger partial charge < -0.3 is 52.1 Å². The number of ether oxygens (including phenoxy) is 11. The van der Waals surface area contributed by atoms with E-state index >= 15 is 0 Å². The van der Waals surface area contributed by atoms with Gasteiger partial charge in [0.05, 0.1) is 0 Å². The Bertz CT molecular complexity index is 1740. The van der Waals surface area contributed by atoms with E-state index in [4.69, 9.17) is 52.1 Å². The lowest BCUT2D eigenvalue weighted by molar-refractivity contribution is -0.384. The zero-order chi connectivity index (χ0) is 53.9. The van der Waals surface area contributed by atoms with Crippen molar-refractivity contribution in [1.29, 1.82) is 0 Å². The Morgan fingerprint density at radius 1 is 0.366 bits per heavy atom. The molecule has 0 aromatic heterocycles. The fourth-order valence-corrected chi connectivity index (χ4v) is 7.57. The Morgan fingerprint density at radius 3 is 1.07 bits per heavy atom. The van der Waals surface area contributed by atoms with E-state index in [9.17, 15) is 38.4 Å². The van der Waals surface area contributed by atoms with E-state index in [1.165, 1.54) is 0 Å². The molecule has 0 bridgehead atoms. The molecule has 0 aromatic carbocycles. The third-order valence-electron chi connectivity index (χ3n) is 10.5. The third-order valence-corrected chi connectivity index (χ3v) is 10.5. The fourth-order valence-electron chi connectivity index (χ4n) is 7.57. The molecule has 71 heavy (non-hydrogen) atoms. The molecule has 2 aliphatic heterocycles. The quantitative estimate of drug-likeness (QED) is 0.0524. The summed E-state index contributed by atoms with van der Waals surface area (Å²) in [6.45, 7) is 26.5. The first kappa shape index (κ1) is 62.8. The Hall–Kier alpha value is -4.36. The Labute approximate surface area is 421 Å². The molecule has 0 radical (unpaired) electrons. The maximum absolute atomic E-state index is 13.9. The minimum absolute atomic E-state index is 0.00510. The second kappa shape index (κ2) is 30.0. The summed E-state index contributed by atoms with van der Waals surface area (Å²) in [6.07, 6.45) is -14.3. The highest BCUT2D eigenvalue weighted by molar-refractivity contribution is 5.73. The second-order valence-electron chi connectivity index (χ2n) is 22.2. The van der Waals surface area contributed by atoms with Crippen molar-refractivity contribution in [3.8, 4) is 0 Å². The SMILES string of the molecule is CC(C)CC(=O)OC[C@H]1O[C@@](COC(=O)CC(C)C)(O[C@H]2O[C@H](COC(=O)CC(C)C)[C@@H](OC(=O)CC(C)C)C(OC(=O)CC(C)C)[C@H]2OC(=O)CC(C)C)[C@@H](OC(=O)CC(C)C)[C@@H]1OC(=O)CC(C)C. The summed E-state index contributed by atoms with van der Waals surface area (Å²) in [4.78, 5) is 109. The molecule has 1 unspecified atom stereocenters. The van der Waals surface area contributed by atoms with Crippen LogP contribution in [-0.2, 0) is 90.5 Å². The highest BCUT2D eigenvalue weighted by Gasteiger charge is 2.65. The first-order valence-electron chi connectivity index (χ1n) is 25.5. The molecule has 2 rings (SSSR count). The Balaban J connectivity index is 3.14. The maximum Gasteiger partial charge on any atom is 0.306 e. The molecular weight excluding hydrogens is 929 g/mol. The molecule has 0 aliphatic carbocycles. The minimum atomic E-state index is -2.56. The van der Waals surface area contributed by atoms with E-state index in [2.05, 4.69) is 0 Å². The molecule has 2 fully saturated rings. The monoisotopic (exact) mass is 1010 g/mol. The molecule has 2 aliphatic rings. The van der Waals surface area contributed by atoms with Gasteiger partial charge in [-0.05, 0) is 47.3 Å². The molecule has 0 aromatic rings. The van der Waals surface area contributed by atoms with Crippen molar-refractivity contribution in [2.75, 3.05) is 19.8 Å². The largest absolute Gasteiger partial charge is 0.463 e. The van der Waals surface area contributed by atoms with Gasteiger partial charge in [-0.25, -0.2) is 0 Å². The first-order chi connectivity index (χ1) is 33.0. The number of hydrogen-bond donors (Lipinski definition) is 0. The molecule has 19 nitrogen and oxygen atoms in total. The summed E-state index contributed by atoms with van der Waals surface area (Å²) in [5, 5.41) is 0. The lowest BCUT2D eigenvalue weighted by atomic mass is 9.97. The second-order valence-corrected chi connectivity index (χ2v) is 22.2. The zero-order valence-electron chi connectivity index (χ0n) is 45.3. The van der Waals surface area contributed by atoms with E-state index < -0.39 is 122 Å². The van der Waals surface area contributed by atoms with Crippen molar-refractivity contribution in [2.24, 2.45) is 47.3 Å². The summed E-state index contributed by atoms with van der Waals surface area (Å²) in [7, 11) is 0. The van der Waals surface area contributed by atoms with Crippen molar-refractivity contribution < 1.29 is 90.5 Å². The molecule has 0 amide bonds. The summed E-state index contributed by atoms with van der Waals surface area (Å²) in [6, 6.07) is 0. The maximum atomic E-state index is 13.9. The van der Waals surface area contributed by atoms with Crippen molar-refractivity contribution in [3.05, 3.63) is 0 Å². The van der Waals surface area contributed by atoms with E-state index in [0.29, 0.717) is 0 Å². The van der Waals surface area contributed by atoms with Crippen molar-refractivity contribution in [2.45, 2.75) is 217 Å². The van der Waals surface area contributed by atoms with Crippen LogP contribution in [0.1, 0.15) is 162 Å². The molecule has 0 N–H and O–H groups in total. The van der Waals surface area contributed by atoms with Crippen LogP contribution in [0.25, 0.3) is 0 Å². The predicted octanol–water partition coefficient (Wildman–Crippen LogP) is 7.38. The standard InChI is InChI=1S/C52H86O19/c1-28(2)17-38(53)61-25-36-46(65-41(56)20-31(7)8)48(67-43(58)22-33(11)12)49(68-44(59)23-34(13)14)51(64-36)71-52(27-63-40(55)19-30(5)6)50(69-45(60)24-35(15)16)47(66-42(57)21-32(9)10)37(70-52)26-62-39(54)18-29(3)4/h28-37,46-51H,17-27H2,1-16H3/t36-,37-,46-,47-,48?,49-,50+,51-,52+/m1/s1. The van der Waals surface area contributed by atoms with Crippen LogP contribution in [-0.4, -0.2) is 122 Å². The Kier molecular flexibility index (Phi) is 26.5. The summed E-state index contributed by atoms with van der Waals surface area (Å²) < 4.78 is 67.9. The fraction of sp³-hybridized carbons (Fsp3) is 0.846. The van der Waals surface area contributed by atoms with Gasteiger partial charge in [0, 0.05) is 51.4 Å². The molecule has 0 saturated carbocycles. The van der Waals surface area contributed by atoms with Gasteiger partial charge in [-0.1, -0.05) is 111 Å². The van der Waals surface area contributed by atoms with Gasteiger partial charge in [-0.15, -0.1) is 0 Å². The van der Waals surface area contributed by atoms with Gasteiger partial charge in [0.2, 0.25) is 12.1 Å². The van der Waals surface area contributed by atoms with Gasteiger partial charge in [-0.3, -0.25) is 38.4 Å². The average molecular weight is 1020 g/mol. The van der Waals surface area contributed by atoms with Gasteiger partial charge in [-0.2, -0.15) is 0 Å². The van der Waals surface area contributed by atoms with Crippen molar-refractivity contribution in [1.82, 2.24) is 0 Å². The summed E-state index contributed by atoms with van der Waals surface area (Å²) >= 11 is 0. The molecule has 2 saturated heterocycles. The summed E-state index contributed by atoms with van der Waals surface area (Å²) in [5.41, 5.74) is 0. The van der Waals surface area contributed by atoms with Crippen LogP contribution < -0.4 is 0 Å². The highest BCUT2D eigenvalue weighted by atomic mass is 16.8. The smallest absolute Gasteiger partial charge is 0.306 e. The van der Waals surface area contributed by atoms with E-state index in [-0.39, 0.29) is 98.7 Å². The first-order valence-corrected chi connectivity index (χ1v) is 25.5. The van der Waals surface area contributed by atoms with Crippen LogP contribution in [0.15, 0.2) is 0 Å². The number of esters is 8. The number of carbonyl (C=O) groups is 8. The molecule has 2 heterocycles. The Morgan fingerprint density at radius 2 is 0.676 bits per heavy atom. The predicted molar refractivity (Wildman–Crippen MR) is 255 cm³/mol. The van der Waals surface area contributed by atoms with E-state index in [1.807, 2.05) is 27.7 Å². The van der Waals surface area contributed by atoms with Crippen LogP contribution in [0, 0.1) is 47.3 Å². The highest BCUT2D eigenvalue weighted by Crippen LogP contribution is 2.42. The topological polar surface area (TPSA) is 238 Å². The van der Waals surface area contributed by atoms with Gasteiger partial charge in [0.15, 0.2) is 30.5 Å². The van der Waals surface area contributed by atoms with Crippen molar-refractivity contribution >= 4 is 47.8 Å². The van der Waals surface area contributed by atoms with E-state index in [0.717, 1.165) is 0 Å². The lowest BCUT2D eigenvalue weighted by Gasteiger charge is -2.47. The lowest BCUT2D eigenvalue weighted by Crippen LogP contribution is -2.66. The van der Waals surface area contributed by atoms with Crippen LogP contribution in [0.5, 0.6) is 0 Å². The van der Waals surface area contributed by atoms with Crippen LogP contribution in [0.4, 0.5) is 0 Å². The zero-order valence-corrected chi connectivity index (χ0v) is 45.3. The molecule has 408 valence electrons. The molecule has 0 spiro atoms. The van der Waals surface area contributed by atoms with Gasteiger partial charge in [0.25, 0.3) is 0 Å². The van der Waals surface area contributed by atoms with Gasteiger partial charge in [0.1, 0.15) is 32.0 Å². The van der Waals surface area contributed by atoms with Crippen LogP contribution >= 0.6 is 0 Å². The minimum Gasteiger partial charge on any atom is -0.463 e. The third kappa shape index (κ3) is 22.9. The number of carbonyl (C=O) groups excluding carboxylic acids is 8. The normalized spacial score (nSPS) is 24.5. The van der Waals surface area contributed by atoms with Crippen LogP contribution in [0.2, 0.25) is 0 Å². The molecule has 19 heteroatoms.